The molecule has 0 atom stereocenters. The SMILES string of the molecule is CN(CCc1ccccc1C(=O)O)C(=O)Cc1cccs1. The topological polar surface area (TPSA) is 57.6 Å². The summed E-state index contributed by atoms with van der Waals surface area (Å²) in [6.45, 7) is 0.508. The zero-order valence-electron chi connectivity index (χ0n) is 11.8. The third kappa shape index (κ3) is 4.16. The van der Waals surface area contributed by atoms with Crippen molar-refractivity contribution in [3.8, 4) is 0 Å². The molecule has 0 aliphatic heterocycles. The van der Waals surface area contributed by atoms with Gasteiger partial charge in [-0.1, -0.05) is 24.3 Å². The van der Waals surface area contributed by atoms with Crippen LogP contribution in [0, 0.1) is 0 Å². The third-order valence-electron chi connectivity index (χ3n) is 3.30. The van der Waals surface area contributed by atoms with E-state index in [0.29, 0.717) is 24.9 Å². The lowest BCUT2D eigenvalue weighted by molar-refractivity contribution is -0.129. The number of carbonyl (C=O) groups is 2. The molecule has 0 radical (unpaired) electrons. The summed E-state index contributed by atoms with van der Waals surface area (Å²) in [5, 5.41) is 11.1. The number of benzene rings is 1. The molecule has 2 rings (SSSR count). The van der Waals surface area contributed by atoms with Gasteiger partial charge in [0, 0.05) is 18.5 Å². The number of hydrogen-bond acceptors (Lipinski definition) is 3. The van der Waals surface area contributed by atoms with E-state index in [9.17, 15) is 9.59 Å². The van der Waals surface area contributed by atoms with Crippen LogP contribution in [0.2, 0.25) is 0 Å². The van der Waals surface area contributed by atoms with Crippen molar-refractivity contribution in [2.75, 3.05) is 13.6 Å². The van der Waals surface area contributed by atoms with Crippen molar-refractivity contribution < 1.29 is 14.7 Å². The highest BCUT2D eigenvalue weighted by atomic mass is 32.1. The van der Waals surface area contributed by atoms with Crippen LogP contribution < -0.4 is 0 Å². The molecule has 1 amide bonds. The van der Waals surface area contributed by atoms with Crippen molar-refractivity contribution in [1.82, 2.24) is 4.90 Å². The molecule has 0 bridgehead atoms. The Morgan fingerprint density at radius 2 is 1.95 bits per heavy atom. The summed E-state index contributed by atoms with van der Waals surface area (Å²) in [5.41, 5.74) is 1.05. The predicted octanol–water partition coefficient (Wildman–Crippen LogP) is 2.69. The maximum atomic E-state index is 12.1. The van der Waals surface area contributed by atoms with Gasteiger partial charge in [-0.2, -0.15) is 0 Å². The molecule has 5 heteroatoms. The number of nitrogens with zero attached hydrogens (tertiary/aromatic N) is 1. The van der Waals surface area contributed by atoms with Crippen LogP contribution in [-0.4, -0.2) is 35.5 Å². The summed E-state index contributed by atoms with van der Waals surface area (Å²) in [6.07, 6.45) is 0.934. The lowest BCUT2D eigenvalue weighted by Crippen LogP contribution is -2.30. The van der Waals surface area contributed by atoms with Gasteiger partial charge in [-0.05, 0) is 29.5 Å². The van der Waals surface area contributed by atoms with Gasteiger partial charge in [-0.15, -0.1) is 11.3 Å². The highest BCUT2D eigenvalue weighted by Gasteiger charge is 2.13. The molecule has 0 aliphatic carbocycles. The molecule has 1 N–H and O–H groups in total. The second-order valence-electron chi connectivity index (χ2n) is 4.78. The molecule has 1 heterocycles. The number of aromatic carboxylic acids is 1. The molecule has 0 aliphatic rings. The fourth-order valence-electron chi connectivity index (χ4n) is 2.06. The maximum absolute atomic E-state index is 12.1. The van der Waals surface area contributed by atoms with Crippen molar-refractivity contribution in [2.24, 2.45) is 0 Å². The lowest BCUT2D eigenvalue weighted by Gasteiger charge is -2.17. The van der Waals surface area contributed by atoms with E-state index in [0.717, 1.165) is 10.4 Å². The normalized spacial score (nSPS) is 10.3. The van der Waals surface area contributed by atoms with Gasteiger partial charge in [0.2, 0.25) is 5.91 Å². The molecular formula is C16H17NO3S. The van der Waals surface area contributed by atoms with Crippen LogP contribution in [0.25, 0.3) is 0 Å². The van der Waals surface area contributed by atoms with Crippen LogP contribution >= 0.6 is 11.3 Å². The number of rotatable bonds is 6. The highest BCUT2D eigenvalue weighted by molar-refractivity contribution is 7.10. The molecule has 4 nitrogen and oxygen atoms in total. The molecule has 2 aromatic rings. The molecule has 0 spiro atoms. The quantitative estimate of drug-likeness (QED) is 0.892. The smallest absolute Gasteiger partial charge is 0.335 e. The number of thiophene rings is 1. The van der Waals surface area contributed by atoms with E-state index in [4.69, 9.17) is 5.11 Å². The lowest BCUT2D eigenvalue weighted by atomic mass is 10.0. The first-order chi connectivity index (χ1) is 10.1. The maximum Gasteiger partial charge on any atom is 0.335 e. The van der Waals surface area contributed by atoms with Gasteiger partial charge in [0.15, 0.2) is 0 Å². The zero-order valence-corrected chi connectivity index (χ0v) is 12.6. The summed E-state index contributed by atoms with van der Waals surface area (Å²) < 4.78 is 0. The molecular weight excluding hydrogens is 286 g/mol. The number of carboxylic acids is 1. The molecule has 0 unspecified atom stereocenters. The summed E-state index contributed by atoms with van der Waals surface area (Å²) in [4.78, 5) is 25.9. The Kier molecular flexibility index (Phi) is 5.11. The molecule has 0 saturated carbocycles. The Hall–Kier alpha value is -2.14. The molecule has 1 aromatic heterocycles. The van der Waals surface area contributed by atoms with Gasteiger partial charge in [0.05, 0.1) is 12.0 Å². The molecule has 110 valence electrons. The van der Waals surface area contributed by atoms with Crippen molar-refractivity contribution in [1.29, 1.82) is 0 Å². The van der Waals surface area contributed by atoms with Gasteiger partial charge in [-0.3, -0.25) is 4.79 Å². The number of likely N-dealkylation sites (N-methyl/N-ethyl adjacent to an activating group) is 1. The first-order valence-corrected chi connectivity index (χ1v) is 7.53. The van der Waals surface area contributed by atoms with E-state index in [1.165, 1.54) is 0 Å². The molecule has 21 heavy (non-hydrogen) atoms. The summed E-state index contributed by atoms with van der Waals surface area (Å²) in [7, 11) is 1.75. The van der Waals surface area contributed by atoms with Crippen LogP contribution in [0.1, 0.15) is 20.8 Å². The summed E-state index contributed by atoms with van der Waals surface area (Å²) in [6, 6.07) is 10.8. The summed E-state index contributed by atoms with van der Waals surface area (Å²) >= 11 is 1.56. The molecule has 0 fully saturated rings. The minimum atomic E-state index is -0.932. The van der Waals surface area contributed by atoms with Gasteiger partial charge < -0.3 is 10.0 Å². The zero-order chi connectivity index (χ0) is 15.2. The van der Waals surface area contributed by atoms with E-state index in [2.05, 4.69) is 0 Å². The third-order valence-corrected chi connectivity index (χ3v) is 4.17. The minimum absolute atomic E-state index is 0.0465. The largest absolute Gasteiger partial charge is 0.478 e. The van der Waals surface area contributed by atoms with E-state index < -0.39 is 5.97 Å². The first-order valence-electron chi connectivity index (χ1n) is 6.65. The Bertz CT molecular complexity index is 622. The van der Waals surface area contributed by atoms with Gasteiger partial charge >= 0.3 is 5.97 Å². The predicted molar refractivity (Wildman–Crippen MR) is 82.8 cm³/mol. The van der Waals surface area contributed by atoms with E-state index >= 15 is 0 Å². The van der Waals surface area contributed by atoms with E-state index in [-0.39, 0.29) is 5.91 Å². The van der Waals surface area contributed by atoms with Gasteiger partial charge in [-0.25, -0.2) is 4.79 Å². The Morgan fingerprint density at radius 1 is 1.19 bits per heavy atom. The Labute approximate surface area is 127 Å². The van der Waals surface area contributed by atoms with Crippen LogP contribution in [-0.2, 0) is 17.6 Å². The second-order valence-corrected chi connectivity index (χ2v) is 5.82. The minimum Gasteiger partial charge on any atom is -0.478 e. The fraction of sp³-hybridized carbons (Fsp3) is 0.250. The van der Waals surface area contributed by atoms with Gasteiger partial charge in [0.25, 0.3) is 0 Å². The van der Waals surface area contributed by atoms with E-state index in [1.807, 2.05) is 23.6 Å². The average Bonchev–Trinajstić information content (AvgIpc) is 2.97. The molecule has 1 aromatic carbocycles. The van der Waals surface area contributed by atoms with Crippen molar-refractivity contribution in [3.63, 3.8) is 0 Å². The van der Waals surface area contributed by atoms with Crippen molar-refractivity contribution >= 4 is 23.2 Å². The van der Waals surface area contributed by atoms with Crippen molar-refractivity contribution in [3.05, 3.63) is 57.8 Å². The van der Waals surface area contributed by atoms with Crippen LogP contribution in [0.3, 0.4) is 0 Å². The van der Waals surface area contributed by atoms with Crippen molar-refractivity contribution in [2.45, 2.75) is 12.8 Å². The van der Waals surface area contributed by atoms with Crippen LogP contribution in [0.5, 0.6) is 0 Å². The number of hydrogen-bond donors (Lipinski definition) is 1. The number of amides is 1. The Balaban J connectivity index is 1.93. The van der Waals surface area contributed by atoms with E-state index in [1.54, 1.807) is 41.5 Å². The summed E-state index contributed by atoms with van der Waals surface area (Å²) in [5.74, 6) is -0.886. The number of carbonyl (C=O) groups excluding carboxylic acids is 1. The van der Waals surface area contributed by atoms with Gasteiger partial charge in [0.1, 0.15) is 0 Å². The fourth-order valence-corrected chi connectivity index (χ4v) is 2.75. The standard InChI is InChI=1S/C16H17NO3S/c1-17(15(18)11-13-6-4-10-21-13)9-8-12-5-2-3-7-14(12)16(19)20/h2-7,10H,8-9,11H2,1H3,(H,19,20). The number of carboxylic acid groups (broad SMARTS) is 1. The van der Waals surface area contributed by atoms with Crippen LogP contribution in [0.15, 0.2) is 41.8 Å². The highest BCUT2D eigenvalue weighted by Crippen LogP contribution is 2.12. The first kappa shape index (κ1) is 15.3. The average molecular weight is 303 g/mol. The van der Waals surface area contributed by atoms with Crippen LogP contribution in [0.4, 0.5) is 0 Å². The molecule has 0 saturated heterocycles. The second kappa shape index (κ2) is 7.04. The monoisotopic (exact) mass is 303 g/mol. The Morgan fingerprint density at radius 3 is 2.62 bits per heavy atom.